The van der Waals surface area contributed by atoms with E-state index < -0.39 is 6.10 Å². The summed E-state index contributed by atoms with van der Waals surface area (Å²) < 4.78 is 16.8. The van der Waals surface area contributed by atoms with Crippen LogP contribution in [0.2, 0.25) is 0 Å². The molecule has 0 aliphatic heterocycles. The van der Waals surface area contributed by atoms with Gasteiger partial charge in [0.05, 0.1) is 0 Å². The van der Waals surface area contributed by atoms with E-state index in [1.165, 1.54) is 141 Å². The third-order valence-electron chi connectivity index (χ3n) is 11.3. The van der Waals surface area contributed by atoms with E-state index in [0.717, 1.165) is 83.5 Å². The summed E-state index contributed by atoms with van der Waals surface area (Å²) in [7, 11) is 0. The van der Waals surface area contributed by atoms with Crippen molar-refractivity contribution in [1.29, 1.82) is 0 Å². The van der Waals surface area contributed by atoms with Gasteiger partial charge in [0.25, 0.3) is 0 Å². The van der Waals surface area contributed by atoms with Crippen molar-refractivity contribution in [1.82, 2.24) is 0 Å². The van der Waals surface area contributed by atoms with Crippen molar-refractivity contribution in [2.75, 3.05) is 13.2 Å². The summed E-state index contributed by atoms with van der Waals surface area (Å²) in [5, 5.41) is 0. The van der Waals surface area contributed by atoms with Crippen LogP contribution in [0.15, 0.2) is 48.6 Å². The van der Waals surface area contributed by atoms with Crippen LogP contribution in [0.4, 0.5) is 0 Å². The minimum Gasteiger partial charge on any atom is -0.462 e. The molecule has 1 atom stereocenters. The first-order valence-corrected chi connectivity index (χ1v) is 26.2. The highest BCUT2D eigenvalue weighted by Crippen LogP contribution is 2.15. The van der Waals surface area contributed by atoms with Gasteiger partial charge in [0.1, 0.15) is 13.2 Å². The highest BCUT2D eigenvalue weighted by molar-refractivity contribution is 5.71. The summed E-state index contributed by atoms with van der Waals surface area (Å²) in [4.78, 5) is 37.9. The second-order valence-electron chi connectivity index (χ2n) is 17.5. The van der Waals surface area contributed by atoms with Gasteiger partial charge in [0.15, 0.2) is 6.10 Å². The fourth-order valence-corrected chi connectivity index (χ4v) is 7.33. The summed E-state index contributed by atoms with van der Waals surface area (Å²) in [6, 6.07) is 0. The molecule has 0 amide bonds. The van der Waals surface area contributed by atoms with Crippen molar-refractivity contribution in [3.63, 3.8) is 0 Å². The quantitative estimate of drug-likeness (QED) is 0.0199. The van der Waals surface area contributed by atoms with Crippen molar-refractivity contribution in [2.24, 2.45) is 0 Å². The van der Waals surface area contributed by atoms with E-state index in [-0.39, 0.29) is 31.1 Å². The lowest BCUT2D eigenvalue weighted by Crippen LogP contribution is -2.30. The number of esters is 3. The Kier molecular flexibility index (Phi) is 47.9. The van der Waals surface area contributed by atoms with Crippen LogP contribution in [0, 0.1) is 0 Å². The number of unbranched alkanes of at least 4 members (excludes halogenated alkanes) is 29. The molecule has 0 bridgehead atoms. The van der Waals surface area contributed by atoms with Crippen LogP contribution < -0.4 is 0 Å². The Hall–Kier alpha value is -2.63. The third-order valence-corrected chi connectivity index (χ3v) is 11.3. The molecule has 0 N–H and O–H groups in total. The molecule has 61 heavy (non-hydrogen) atoms. The summed E-state index contributed by atoms with van der Waals surface area (Å²) in [5.41, 5.74) is 0. The highest BCUT2D eigenvalue weighted by Gasteiger charge is 2.19. The van der Waals surface area contributed by atoms with Crippen LogP contribution in [0.5, 0.6) is 0 Å². The fraction of sp³-hybridized carbons (Fsp3) is 0.800. The van der Waals surface area contributed by atoms with E-state index in [0.29, 0.717) is 19.3 Å². The smallest absolute Gasteiger partial charge is 0.306 e. The van der Waals surface area contributed by atoms with Crippen LogP contribution in [-0.2, 0) is 28.6 Å². The zero-order valence-electron chi connectivity index (χ0n) is 40.4. The predicted octanol–water partition coefficient (Wildman–Crippen LogP) is 17.1. The van der Waals surface area contributed by atoms with Gasteiger partial charge in [-0.15, -0.1) is 0 Å². The molecule has 0 saturated carbocycles. The zero-order chi connectivity index (χ0) is 44.4. The summed E-state index contributed by atoms with van der Waals surface area (Å²) in [6.45, 7) is 6.55. The van der Waals surface area contributed by atoms with Crippen molar-refractivity contribution >= 4 is 17.9 Å². The molecule has 6 nitrogen and oxygen atoms in total. The first kappa shape index (κ1) is 58.4. The van der Waals surface area contributed by atoms with E-state index in [4.69, 9.17) is 14.2 Å². The molecule has 0 fully saturated rings. The monoisotopic (exact) mass is 855 g/mol. The van der Waals surface area contributed by atoms with Crippen molar-refractivity contribution < 1.29 is 28.6 Å². The third kappa shape index (κ3) is 48.3. The molecule has 1 unspecified atom stereocenters. The lowest BCUT2D eigenvalue weighted by atomic mass is 10.0. The minimum atomic E-state index is -0.783. The van der Waals surface area contributed by atoms with Crippen LogP contribution in [-0.4, -0.2) is 37.2 Å². The summed E-state index contributed by atoms with van der Waals surface area (Å²) >= 11 is 0. The normalized spacial score (nSPS) is 12.4. The van der Waals surface area contributed by atoms with Gasteiger partial charge < -0.3 is 14.2 Å². The van der Waals surface area contributed by atoms with Gasteiger partial charge in [-0.1, -0.05) is 223 Å². The lowest BCUT2D eigenvalue weighted by molar-refractivity contribution is -0.167. The maximum Gasteiger partial charge on any atom is 0.306 e. The van der Waals surface area contributed by atoms with Gasteiger partial charge in [0, 0.05) is 19.3 Å². The molecule has 0 spiro atoms. The zero-order valence-corrected chi connectivity index (χ0v) is 40.4. The number of allylic oxidation sites excluding steroid dienone is 8. The molecule has 0 aliphatic rings. The first-order valence-electron chi connectivity index (χ1n) is 26.2. The van der Waals surface area contributed by atoms with Gasteiger partial charge in [0.2, 0.25) is 0 Å². The number of hydrogen-bond acceptors (Lipinski definition) is 6. The maximum absolute atomic E-state index is 12.8. The first-order chi connectivity index (χ1) is 30.0. The molecular weight excluding hydrogens is 757 g/mol. The van der Waals surface area contributed by atoms with Gasteiger partial charge >= 0.3 is 17.9 Å². The van der Waals surface area contributed by atoms with Gasteiger partial charge in [-0.05, 0) is 70.6 Å². The highest BCUT2D eigenvalue weighted by atomic mass is 16.6. The largest absolute Gasteiger partial charge is 0.462 e. The topological polar surface area (TPSA) is 78.9 Å². The Bertz CT molecular complexity index is 1070. The number of rotatable bonds is 47. The van der Waals surface area contributed by atoms with E-state index in [1.54, 1.807) is 0 Å². The molecule has 354 valence electrons. The van der Waals surface area contributed by atoms with E-state index in [1.807, 2.05) is 0 Å². The average Bonchev–Trinajstić information content (AvgIpc) is 3.26. The summed E-state index contributed by atoms with van der Waals surface area (Å²) in [6.07, 6.45) is 59.5. The molecule has 0 heterocycles. The standard InChI is InChI=1S/C55H98O6/c1-4-7-10-13-16-19-22-24-26-27-29-30-33-36-39-42-45-48-54(57)60-51-52(50-59-53(56)47-44-41-38-35-32-21-18-15-12-9-6-3)61-55(58)49-46-43-40-37-34-31-28-25-23-20-17-14-11-8-5-2/h15-16,18-19,21,24,26,32,52H,4-14,17,20,22-23,25,27-31,33-51H2,1-3H3/b18-15-,19-16-,26-24-,32-21-. The van der Waals surface area contributed by atoms with Crippen molar-refractivity contribution in [3.05, 3.63) is 48.6 Å². The van der Waals surface area contributed by atoms with E-state index in [2.05, 4.69) is 69.4 Å². The molecule has 0 radical (unpaired) electrons. The van der Waals surface area contributed by atoms with Gasteiger partial charge in [-0.3, -0.25) is 14.4 Å². The molecular formula is C55H98O6. The second kappa shape index (κ2) is 50.0. The number of ether oxygens (including phenoxy) is 3. The molecule has 0 aromatic rings. The lowest BCUT2D eigenvalue weighted by Gasteiger charge is -2.18. The van der Waals surface area contributed by atoms with E-state index >= 15 is 0 Å². The van der Waals surface area contributed by atoms with Crippen molar-refractivity contribution in [2.45, 2.75) is 271 Å². The molecule has 0 aliphatic carbocycles. The van der Waals surface area contributed by atoms with Crippen LogP contribution in [0.1, 0.15) is 265 Å². The van der Waals surface area contributed by atoms with Gasteiger partial charge in [-0.2, -0.15) is 0 Å². The van der Waals surface area contributed by atoms with Crippen LogP contribution >= 0.6 is 0 Å². The Morgan fingerprint density at radius 3 is 1.10 bits per heavy atom. The van der Waals surface area contributed by atoms with E-state index in [9.17, 15) is 14.4 Å². The maximum atomic E-state index is 12.8. The Morgan fingerprint density at radius 2 is 0.656 bits per heavy atom. The number of carbonyl (C=O) groups excluding carboxylic acids is 3. The minimum absolute atomic E-state index is 0.0837. The van der Waals surface area contributed by atoms with Gasteiger partial charge in [-0.25, -0.2) is 0 Å². The van der Waals surface area contributed by atoms with Crippen LogP contribution in [0.25, 0.3) is 0 Å². The van der Waals surface area contributed by atoms with Crippen molar-refractivity contribution in [3.8, 4) is 0 Å². The second-order valence-corrected chi connectivity index (χ2v) is 17.5. The SMILES string of the molecule is CCCC/C=C\C=C/CCCCCC(=O)OCC(COC(=O)CCCCCCCCC/C=C\C/C=C\CCCCC)OC(=O)CCCCCCCCCCCCCCCCC. The molecule has 0 aromatic carbocycles. The predicted molar refractivity (Wildman–Crippen MR) is 261 cm³/mol. The Morgan fingerprint density at radius 1 is 0.344 bits per heavy atom. The molecule has 0 rings (SSSR count). The average molecular weight is 855 g/mol. The summed E-state index contributed by atoms with van der Waals surface area (Å²) in [5.74, 6) is -0.911. The Balaban J connectivity index is 4.37. The fourth-order valence-electron chi connectivity index (χ4n) is 7.33. The molecule has 0 saturated heterocycles. The number of hydrogen-bond donors (Lipinski definition) is 0. The molecule has 6 heteroatoms. The van der Waals surface area contributed by atoms with Crippen LogP contribution in [0.3, 0.4) is 0 Å². The number of carbonyl (C=O) groups is 3. The Labute approximate surface area is 378 Å². The molecule has 0 aromatic heterocycles.